The van der Waals surface area contributed by atoms with Crippen molar-refractivity contribution in [3.63, 3.8) is 0 Å². The molecule has 0 aromatic rings. The van der Waals surface area contributed by atoms with E-state index in [4.69, 9.17) is 0 Å². The molecule has 1 aliphatic rings. The Morgan fingerprint density at radius 1 is 1.31 bits per heavy atom. The molecule has 0 amide bonds. The number of rotatable bonds is 6. The molecule has 0 aromatic heterocycles. The first-order valence-electron chi connectivity index (χ1n) is 4.95. The third-order valence-electron chi connectivity index (χ3n) is 2.22. The average molecular weight is 180 g/mol. The standard InChI is InChI=1S/C11H16O2/c1-2-10(12)7-8-11(13)6-5-9-3-4-9/h5-6,9H,2-4,7-8H2,1H3/b6-5+. The second-order valence-corrected chi connectivity index (χ2v) is 3.56. The lowest BCUT2D eigenvalue weighted by Crippen LogP contribution is -2.00. The first kappa shape index (κ1) is 10.2. The molecule has 0 spiro atoms. The Morgan fingerprint density at radius 2 is 2.00 bits per heavy atom. The van der Waals surface area contributed by atoms with Crippen LogP contribution in [0.2, 0.25) is 0 Å². The van der Waals surface area contributed by atoms with Gasteiger partial charge in [-0.25, -0.2) is 0 Å². The summed E-state index contributed by atoms with van der Waals surface area (Å²) in [5, 5.41) is 0. The third kappa shape index (κ3) is 4.61. The van der Waals surface area contributed by atoms with Crippen molar-refractivity contribution in [3.05, 3.63) is 12.2 Å². The molecule has 0 aliphatic heterocycles. The van der Waals surface area contributed by atoms with Crippen molar-refractivity contribution in [1.29, 1.82) is 0 Å². The number of carbonyl (C=O) groups excluding carboxylic acids is 2. The molecule has 1 rings (SSSR count). The van der Waals surface area contributed by atoms with Gasteiger partial charge in [-0.1, -0.05) is 13.0 Å². The van der Waals surface area contributed by atoms with Crippen molar-refractivity contribution in [2.45, 2.75) is 39.0 Å². The molecule has 0 saturated heterocycles. The topological polar surface area (TPSA) is 34.1 Å². The van der Waals surface area contributed by atoms with Crippen LogP contribution >= 0.6 is 0 Å². The van der Waals surface area contributed by atoms with Crippen LogP contribution in [-0.2, 0) is 9.59 Å². The first-order chi connectivity index (χ1) is 6.22. The summed E-state index contributed by atoms with van der Waals surface area (Å²) in [6, 6.07) is 0. The van der Waals surface area contributed by atoms with Crippen LogP contribution in [0.5, 0.6) is 0 Å². The van der Waals surface area contributed by atoms with E-state index in [1.54, 1.807) is 6.08 Å². The van der Waals surface area contributed by atoms with E-state index >= 15 is 0 Å². The zero-order valence-corrected chi connectivity index (χ0v) is 8.08. The predicted molar refractivity (Wildman–Crippen MR) is 51.4 cm³/mol. The van der Waals surface area contributed by atoms with Gasteiger partial charge in [0.2, 0.25) is 0 Å². The third-order valence-corrected chi connectivity index (χ3v) is 2.22. The van der Waals surface area contributed by atoms with E-state index in [1.165, 1.54) is 12.8 Å². The molecule has 2 nitrogen and oxygen atoms in total. The molecule has 0 bridgehead atoms. The minimum absolute atomic E-state index is 0.0914. The minimum Gasteiger partial charge on any atom is -0.300 e. The van der Waals surface area contributed by atoms with Gasteiger partial charge >= 0.3 is 0 Å². The molecule has 0 atom stereocenters. The maximum Gasteiger partial charge on any atom is 0.155 e. The summed E-state index contributed by atoms with van der Waals surface area (Å²) in [4.78, 5) is 22.0. The molecule has 0 radical (unpaired) electrons. The van der Waals surface area contributed by atoms with Crippen LogP contribution in [0.1, 0.15) is 39.0 Å². The largest absolute Gasteiger partial charge is 0.300 e. The maximum atomic E-state index is 11.2. The van der Waals surface area contributed by atoms with Gasteiger partial charge in [0.1, 0.15) is 5.78 Å². The van der Waals surface area contributed by atoms with Crippen molar-refractivity contribution >= 4 is 11.6 Å². The fraction of sp³-hybridized carbons (Fsp3) is 0.636. The molecule has 1 aliphatic carbocycles. The van der Waals surface area contributed by atoms with Gasteiger partial charge in [-0.3, -0.25) is 9.59 Å². The van der Waals surface area contributed by atoms with Gasteiger partial charge in [0, 0.05) is 19.3 Å². The number of allylic oxidation sites excluding steroid dienone is 2. The zero-order chi connectivity index (χ0) is 9.68. The lowest BCUT2D eigenvalue weighted by atomic mass is 10.1. The Balaban J connectivity index is 2.13. The van der Waals surface area contributed by atoms with Crippen LogP contribution in [0.25, 0.3) is 0 Å². The van der Waals surface area contributed by atoms with Gasteiger partial charge in [-0.05, 0) is 24.8 Å². The van der Waals surface area contributed by atoms with E-state index in [1.807, 2.05) is 13.0 Å². The monoisotopic (exact) mass is 180 g/mol. The smallest absolute Gasteiger partial charge is 0.155 e. The molecule has 0 unspecified atom stereocenters. The molecule has 2 heteroatoms. The van der Waals surface area contributed by atoms with E-state index < -0.39 is 0 Å². The van der Waals surface area contributed by atoms with E-state index in [-0.39, 0.29) is 11.6 Å². The number of hydrogen-bond acceptors (Lipinski definition) is 2. The number of carbonyl (C=O) groups is 2. The maximum absolute atomic E-state index is 11.2. The first-order valence-corrected chi connectivity index (χ1v) is 4.95. The zero-order valence-electron chi connectivity index (χ0n) is 8.08. The predicted octanol–water partition coefficient (Wildman–Crippen LogP) is 2.28. The Kier molecular flexibility index (Phi) is 3.87. The Bertz CT molecular complexity index is 224. The lowest BCUT2D eigenvalue weighted by Gasteiger charge is -1.93. The summed E-state index contributed by atoms with van der Waals surface area (Å²) in [7, 11) is 0. The summed E-state index contributed by atoms with van der Waals surface area (Å²) < 4.78 is 0. The molecule has 72 valence electrons. The summed E-state index contributed by atoms with van der Waals surface area (Å²) in [6.07, 6.45) is 7.38. The molecule has 0 heterocycles. The van der Waals surface area contributed by atoms with Gasteiger partial charge in [0.15, 0.2) is 5.78 Å². The SMILES string of the molecule is CCC(=O)CCC(=O)/C=C/C1CC1. The van der Waals surface area contributed by atoms with Gasteiger partial charge in [-0.15, -0.1) is 0 Å². The van der Waals surface area contributed by atoms with Crippen molar-refractivity contribution in [2.75, 3.05) is 0 Å². The van der Waals surface area contributed by atoms with Gasteiger partial charge in [-0.2, -0.15) is 0 Å². The molecular formula is C11H16O2. The van der Waals surface area contributed by atoms with E-state index in [2.05, 4.69) is 0 Å². The molecule has 1 saturated carbocycles. The van der Waals surface area contributed by atoms with E-state index in [0.717, 1.165) is 0 Å². The van der Waals surface area contributed by atoms with Crippen molar-refractivity contribution in [1.82, 2.24) is 0 Å². The van der Waals surface area contributed by atoms with E-state index in [9.17, 15) is 9.59 Å². The van der Waals surface area contributed by atoms with Crippen LogP contribution in [-0.4, -0.2) is 11.6 Å². The van der Waals surface area contributed by atoms with E-state index in [0.29, 0.717) is 25.2 Å². The molecule has 13 heavy (non-hydrogen) atoms. The van der Waals surface area contributed by atoms with Crippen LogP contribution < -0.4 is 0 Å². The normalized spacial score (nSPS) is 16.4. The Hall–Kier alpha value is -0.920. The van der Waals surface area contributed by atoms with Crippen LogP contribution in [0, 0.1) is 5.92 Å². The second-order valence-electron chi connectivity index (χ2n) is 3.56. The summed E-state index contributed by atoms with van der Waals surface area (Å²) >= 11 is 0. The van der Waals surface area contributed by atoms with Gasteiger partial charge < -0.3 is 0 Å². The Morgan fingerprint density at radius 3 is 2.54 bits per heavy atom. The summed E-state index contributed by atoms with van der Waals surface area (Å²) in [6.45, 7) is 1.83. The number of ketones is 2. The minimum atomic E-state index is 0.0914. The molecule has 1 fully saturated rings. The van der Waals surface area contributed by atoms with Crippen molar-refractivity contribution < 1.29 is 9.59 Å². The Labute approximate surface area is 79.0 Å². The van der Waals surface area contributed by atoms with Crippen LogP contribution in [0.4, 0.5) is 0 Å². The lowest BCUT2D eigenvalue weighted by molar-refractivity contribution is -0.122. The highest BCUT2D eigenvalue weighted by Crippen LogP contribution is 2.29. The van der Waals surface area contributed by atoms with Crippen molar-refractivity contribution in [2.24, 2.45) is 5.92 Å². The van der Waals surface area contributed by atoms with Crippen LogP contribution in [0.15, 0.2) is 12.2 Å². The number of hydrogen-bond donors (Lipinski definition) is 0. The average Bonchev–Trinajstić information content (AvgIpc) is 2.94. The summed E-state index contributed by atoms with van der Waals surface area (Å²) in [5.74, 6) is 0.910. The highest BCUT2D eigenvalue weighted by atomic mass is 16.1. The van der Waals surface area contributed by atoms with Crippen molar-refractivity contribution in [3.8, 4) is 0 Å². The molecule has 0 aromatic carbocycles. The highest BCUT2D eigenvalue weighted by molar-refractivity contribution is 5.92. The second kappa shape index (κ2) is 4.95. The molecule has 0 N–H and O–H groups in total. The number of Topliss-reactive ketones (excluding diaryl/α,β-unsaturated/α-hetero) is 1. The highest BCUT2D eigenvalue weighted by Gasteiger charge is 2.17. The molecular weight excluding hydrogens is 164 g/mol. The van der Waals surface area contributed by atoms with Gasteiger partial charge in [0.05, 0.1) is 0 Å². The van der Waals surface area contributed by atoms with Crippen LogP contribution in [0.3, 0.4) is 0 Å². The fourth-order valence-electron chi connectivity index (χ4n) is 1.05. The summed E-state index contributed by atoms with van der Waals surface area (Å²) in [5.41, 5.74) is 0. The quantitative estimate of drug-likeness (QED) is 0.588. The fourth-order valence-corrected chi connectivity index (χ4v) is 1.05. The van der Waals surface area contributed by atoms with Gasteiger partial charge in [0.25, 0.3) is 0 Å².